The summed E-state index contributed by atoms with van der Waals surface area (Å²) in [6.07, 6.45) is 8.40. The van der Waals surface area contributed by atoms with Gasteiger partial charge in [0.15, 0.2) is 0 Å². The first-order valence-electron chi connectivity index (χ1n) is 10.0. The van der Waals surface area contributed by atoms with E-state index in [-0.39, 0.29) is 44.5 Å². The molecule has 1 spiro atoms. The molecule has 25 heavy (non-hydrogen) atoms. The summed E-state index contributed by atoms with van der Waals surface area (Å²) >= 11 is 0. The fraction of sp³-hybridized carbons (Fsp3) is 0.900. The second kappa shape index (κ2) is 11.1. The van der Waals surface area contributed by atoms with Gasteiger partial charge in [-0.15, -0.1) is 13.1 Å². The minimum absolute atomic E-state index is 0. The van der Waals surface area contributed by atoms with Crippen LogP contribution in [-0.2, 0) is 42.3 Å². The third kappa shape index (κ3) is 6.11. The van der Waals surface area contributed by atoms with Gasteiger partial charge in [-0.1, -0.05) is 26.7 Å². The molecule has 1 saturated carbocycles. The van der Waals surface area contributed by atoms with E-state index in [1.54, 1.807) is 6.92 Å². The fourth-order valence-electron chi connectivity index (χ4n) is 4.58. The third-order valence-electron chi connectivity index (χ3n) is 6.26. The summed E-state index contributed by atoms with van der Waals surface area (Å²) in [5.41, 5.74) is 0.404. The van der Waals surface area contributed by atoms with Gasteiger partial charge in [-0.05, 0) is 50.9 Å². The van der Waals surface area contributed by atoms with Crippen LogP contribution in [0.1, 0.15) is 72.1 Å². The number of nitrogens with zero attached hydrogens (tertiary/aromatic N) is 2. The number of hydrogen-bond acceptors (Lipinski definition) is 2. The van der Waals surface area contributed by atoms with Crippen LogP contribution in [0.5, 0.6) is 0 Å². The van der Waals surface area contributed by atoms with Gasteiger partial charge in [0.1, 0.15) is 5.78 Å². The number of likely N-dealkylation sites (tertiary alicyclic amines) is 1. The van der Waals surface area contributed by atoms with E-state index < -0.39 is 0 Å². The molecule has 0 aromatic heterocycles. The summed E-state index contributed by atoms with van der Waals surface area (Å²) in [7, 11) is 0. The minimum atomic E-state index is 0. The van der Waals surface area contributed by atoms with E-state index in [0.717, 1.165) is 64.7 Å². The Kier molecular flexibility index (Phi) is 10.4. The minimum Gasteiger partial charge on any atom is -0.662 e. The Bertz CT molecular complexity index is 417. The Morgan fingerprint density at radius 3 is 2.00 bits per heavy atom. The van der Waals surface area contributed by atoms with E-state index in [9.17, 15) is 9.59 Å². The monoisotopic (exact) mass is 424 g/mol. The molecular formula is C20H35N2O2Y-. The van der Waals surface area contributed by atoms with E-state index >= 15 is 0 Å². The number of carbonyl (C=O) groups excluding carboxylic acids is 2. The van der Waals surface area contributed by atoms with Crippen molar-refractivity contribution in [3.63, 3.8) is 0 Å². The smallest absolute Gasteiger partial charge is 0.225 e. The second-order valence-corrected chi connectivity index (χ2v) is 7.69. The van der Waals surface area contributed by atoms with Gasteiger partial charge in [0.2, 0.25) is 5.91 Å². The summed E-state index contributed by atoms with van der Waals surface area (Å²) < 4.78 is 0. The van der Waals surface area contributed by atoms with Crippen LogP contribution in [0, 0.1) is 17.3 Å². The fourth-order valence-corrected chi connectivity index (χ4v) is 4.58. The van der Waals surface area contributed by atoms with Gasteiger partial charge in [0.25, 0.3) is 0 Å². The molecule has 0 bridgehead atoms. The number of piperidine rings is 2. The van der Waals surface area contributed by atoms with Gasteiger partial charge >= 0.3 is 0 Å². The number of hydrogen-bond donors (Lipinski definition) is 0. The van der Waals surface area contributed by atoms with Crippen LogP contribution in [0.2, 0.25) is 0 Å². The van der Waals surface area contributed by atoms with Crippen molar-refractivity contribution in [1.82, 2.24) is 4.90 Å². The molecular weight excluding hydrogens is 389 g/mol. The van der Waals surface area contributed by atoms with Gasteiger partial charge in [-0.2, -0.15) is 0 Å². The molecule has 0 unspecified atom stereocenters. The zero-order chi connectivity index (χ0) is 17.6. The van der Waals surface area contributed by atoms with Crippen molar-refractivity contribution in [2.75, 3.05) is 26.2 Å². The quantitative estimate of drug-likeness (QED) is 0.668. The molecule has 0 aromatic carbocycles. The molecule has 0 N–H and O–H groups in total. The van der Waals surface area contributed by atoms with Crippen molar-refractivity contribution >= 4 is 11.7 Å². The Morgan fingerprint density at radius 1 is 0.960 bits per heavy atom. The Balaban J connectivity index is 0.00000101. The van der Waals surface area contributed by atoms with Crippen molar-refractivity contribution in [3.05, 3.63) is 5.32 Å². The molecule has 1 aliphatic carbocycles. The van der Waals surface area contributed by atoms with Gasteiger partial charge in [0, 0.05) is 57.6 Å². The van der Waals surface area contributed by atoms with Gasteiger partial charge in [-0.25, -0.2) is 0 Å². The van der Waals surface area contributed by atoms with Crippen LogP contribution in [0.4, 0.5) is 0 Å². The summed E-state index contributed by atoms with van der Waals surface area (Å²) in [6, 6.07) is 0. The maximum atomic E-state index is 12.7. The molecule has 2 saturated heterocycles. The molecule has 2 heterocycles. The molecule has 0 aromatic rings. The van der Waals surface area contributed by atoms with Crippen LogP contribution >= 0.6 is 0 Å². The zero-order valence-corrected chi connectivity index (χ0v) is 19.3. The summed E-state index contributed by atoms with van der Waals surface area (Å²) in [5, 5.41) is 4.60. The number of carbonyl (C=O) groups is 2. The van der Waals surface area contributed by atoms with Gasteiger partial charge < -0.3 is 10.2 Å². The average molecular weight is 424 g/mol. The van der Waals surface area contributed by atoms with E-state index in [1.165, 1.54) is 12.8 Å². The standard InChI is InChI=1S/C18H29N2O2.C2H6.Y/c1-14(21)15-3-5-16(6-4-15)17(22)20-11-8-18(9-12-20)7-2-10-19-13-18;1-2;/h15-16H,2-13H2,1H3;1-2H3;/q-1;;. The topological polar surface area (TPSA) is 51.5 Å². The summed E-state index contributed by atoms with van der Waals surface area (Å²) in [4.78, 5) is 26.3. The normalized spacial score (nSPS) is 28.4. The molecule has 1 radical (unpaired) electrons. The molecule has 5 heteroatoms. The average Bonchev–Trinajstić information content (AvgIpc) is 2.64. The predicted octanol–water partition coefficient (Wildman–Crippen LogP) is 4.18. The summed E-state index contributed by atoms with van der Waals surface area (Å²) in [6.45, 7) is 9.57. The number of Topliss-reactive ketones (excluding diaryl/α,β-unsaturated/α-hetero) is 1. The molecule has 3 rings (SSSR count). The summed E-state index contributed by atoms with van der Waals surface area (Å²) in [5.74, 6) is 1.02. The van der Waals surface area contributed by atoms with Crippen molar-refractivity contribution in [3.8, 4) is 0 Å². The van der Waals surface area contributed by atoms with Gasteiger partial charge in [-0.3, -0.25) is 9.59 Å². The maximum Gasteiger partial charge on any atom is 0.225 e. The number of amides is 1. The second-order valence-electron chi connectivity index (χ2n) is 7.69. The van der Waals surface area contributed by atoms with E-state index in [4.69, 9.17) is 0 Å². The van der Waals surface area contributed by atoms with E-state index in [2.05, 4.69) is 10.2 Å². The molecule has 1 amide bonds. The zero-order valence-electron chi connectivity index (χ0n) is 16.4. The molecule has 3 fully saturated rings. The van der Waals surface area contributed by atoms with Crippen molar-refractivity contribution in [2.24, 2.45) is 17.3 Å². The van der Waals surface area contributed by atoms with Crippen LogP contribution in [-0.4, -0.2) is 42.8 Å². The Hall–Kier alpha value is 0.204. The van der Waals surface area contributed by atoms with Crippen LogP contribution in [0.3, 0.4) is 0 Å². The Morgan fingerprint density at radius 2 is 1.52 bits per heavy atom. The Labute approximate surface area is 179 Å². The largest absolute Gasteiger partial charge is 0.662 e. The van der Waals surface area contributed by atoms with Crippen LogP contribution < -0.4 is 0 Å². The maximum absolute atomic E-state index is 12.7. The first-order valence-corrected chi connectivity index (χ1v) is 10.0. The molecule has 4 nitrogen and oxygen atoms in total. The van der Waals surface area contributed by atoms with Crippen molar-refractivity contribution < 1.29 is 42.3 Å². The van der Waals surface area contributed by atoms with Crippen LogP contribution in [0.25, 0.3) is 5.32 Å². The number of ketones is 1. The SMILES string of the molecule is CC.CC(=O)C1CCC(C(=O)N2CCC3(CCC[N-]C3)CC2)CC1.[Y]. The van der Waals surface area contributed by atoms with Crippen LogP contribution in [0.15, 0.2) is 0 Å². The van der Waals surface area contributed by atoms with E-state index in [1.807, 2.05) is 13.8 Å². The first kappa shape index (κ1) is 23.2. The van der Waals surface area contributed by atoms with Gasteiger partial charge in [0.05, 0.1) is 0 Å². The third-order valence-corrected chi connectivity index (χ3v) is 6.26. The van der Waals surface area contributed by atoms with Crippen molar-refractivity contribution in [1.29, 1.82) is 0 Å². The predicted molar refractivity (Wildman–Crippen MR) is 98.1 cm³/mol. The number of rotatable bonds is 2. The first-order chi connectivity index (χ1) is 11.6. The van der Waals surface area contributed by atoms with E-state index in [0.29, 0.717) is 17.1 Å². The molecule has 141 valence electrons. The molecule has 3 aliphatic rings. The molecule has 0 atom stereocenters. The van der Waals surface area contributed by atoms with Crippen molar-refractivity contribution in [2.45, 2.75) is 72.1 Å². The molecule has 2 aliphatic heterocycles.